The van der Waals surface area contributed by atoms with Crippen molar-refractivity contribution in [2.75, 3.05) is 13.2 Å². The second kappa shape index (κ2) is 6.77. The Hall–Kier alpha value is -1.80. The molecule has 1 atom stereocenters. The standard InChI is InChI=1S/C19H22O2/c1-2-3-15-4-6-16(7-5-15)12-17-8-10-18(11-9-17)20-13-19-14-21-19/h4-11,19H,2-3,12-14H2,1H3. The molecule has 0 radical (unpaired) electrons. The maximum Gasteiger partial charge on any atom is 0.119 e. The average Bonchev–Trinajstić information content (AvgIpc) is 3.33. The van der Waals surface area contributed by atoms with Crippen LogP contribution in [0, 0.1) is 0 Å². The molecule has 0 aliphatic carbocycles. The van der Waals surface area contributed by atoms with E-state index in [1.165, 1.54) is 23.1 Å². The predicted molar refractivity (Wildman–Crippen MR) is 84.9 cm³/mol. The minimum atomic E-state index is 0.311. The van der Waals surface area contributed by atoms with Crippen LogP contribution in [0.3, 0.4) is 0 Å². The minimum Gasteiger partial charge on any atom is -0.491 e. The number of hydrogen-bond donors (Lipinski definition) is 0. The maximum absolute atomic E-state index is 5.65. The van der Waals surface area contributed by atoms with E-state index in [9.17, 15) is 0 Å². The van der Waals surface area contributed by atoms with Gasteiger partial charge in [-0.2, -0.15) is 0 Å². The third kappa shape index (κ3) is 4.33. The van der Waals surface area contributed by atoms with Gasteiger partial charge < -0.3 is 9.47 Å². The van der Waals surface area contributed by atoms with Gasteiger partial charge in [0.05, 0.1) is 6.61 Å². The average molecular weight is 282 g/mol. The number of ether oxygens (including phenoxy) is 2. The van der Waals surface area contributed by atoms with Gasteiger partial charge in [0, 0.05) is 0 Å². The number of aryl methyl sites for hydroxylation is 1. The smallest absolute Gasteiger partial charge is 0.119 e. The van der Waals surface area contributed by atoms with Gasteiger partial charge >= 0.3 is 0 Å². The molecule has 2 aromatic rings. The fourth-order valence-corrected chi connectivity index (χ4v) is 2.41. The second-order valence-electron chi connectivity index (χ2n) is 5.65. The van der Waals surface area contributed by atoms with Gasteiger partial charge in [-0.25, -0.2) is 0 Å². The van der Waals surface area contributed by atoms with E-state index in [4.69, 9.17) is 9.47 Å². The SMILES string of the molecule is CCCc1ccc(Cc2ccc(OCC3CO3)cc2)cc1. The first kappa shape index (κ1) is 14.2. The lowest BCUT2D eigenvalue weighted by atomic mass is 10.0. The van der Waals surface area contributed by atoms with E-state index in [1.807, 2.05) is 12.1 Å². The lowest BCUT2D eigenvalue weighted by molar-refractivity contribution is 0.263. The molecule has 1 saturated heterocycles. The van der Waals surface area contributed by atoms with Crippen LogP contribution in [0.5, 0.6) is 5.75 Å². The van der Waals surface area contributed by atoms with Crippen LogP contribution in [0.2, 0.25) is 0 Å². The summed E-state index contributed by atoms with van der Waals surface area (Å²) < 4.78 is 10.8. The molecule has 0 spiro atoms. The Labute approximate surface area is 126 Å². The van der Waals surface area contributed by atoms with Crippen LogP contribution in [0.15, 0.2) is 48.5 Å². The van der Waals surface area contributed by atoms with Crippen LogP contribution in [0.1, 0.15) is 30.0 Å². The number of epoxide rings is 1. The van der Waals surface area contributed by atoms with Crippen molar-refractivity contribution in [3.63, 3.8) is 0 Å². The fourth-order valence-electron chi connectivity index (χ4n) is 2.41. The zero-order chi connectivity index (χ0) is 14.5. The molecule has 0 aromatic heterocycles. The quantitative estimate of drug-likeness (QED) is 0.716. The monoisotopic (exact) mass is 282 g/mol. The molecule has 1 aliphatic heterocycles. The highest BCUT2D eigenvalue weighted by atomic mass is 16.6. The van der Waals surface area contributed by atoms with Crippen molar-refractivity contribution < 1.29 is 9.47 Å². The second-order valence-corrected chi connectivity index (χ2v) is 5.65. The molecular formula is C19H22O2. The summed E-state index contributed by atoms with van der Waals surface area (Å²) in [6, 6.07) is 17.3. The van der Waals surface area contributed by atoms with Crippen molar-refractivity contribution in [3.8, 4) is 5.75 Å². The highest BCUT2D eigenvalue weighted by Gasteiger charge is 2.22. The van der Waals surface area contributed by atoms with E-state index in [2.05, 4.69) is 43.3 Å². The van der Waals surface area contributed by atoms with Gasteiger partial charge in [-0.15, -0.1) is 0 Å². The lowest BCUT2D eigenvalue weighted by Crippen LogP contribution is -2.03. The highest BCUT2D eigenvalue weighted by molar-refractivity contribution is 5.32. The molecule has 1 heterocycles. The molecule has 1 aliphatic rings. The third-order valence-corrected chi connectivity index (χ3v) is 3.73. The minimum absolute atomic E-state index is 0.311. The summed E-state index contributed by atoms with van der Waals surface area (Å²) in [5, 5.41) is 0. The van der Waals surface area contributed by atoms with Gasteiger partial charge in [0.2, 0.25) is 0 Å². The molecule has 1 fully saturated rings. The molecule has 3 rings (SSSR count). The van der Waals surface area contributed by atoms with E-state index in [0.29, 0.717) is 12.7 Å². The van der Waals surface area contributed by atoms with E-state index in [1.54, 1.807) is 0 Å². The summed E-state index contributed by atoms with van der Waals surface area (Å²) in [5.74, 6) is 0.924. The molecule has 0 N–H and O–H groups in total. The molecular weight excluding hydrogens is 260 g/mol. The van der Waals surface area contributed by atoms with Crippen molar-refractivity contribution >= 4 is 0 Å². The summed E-state index contributed by atoms with van der Waals surface area (Å²) in [6.45, 7) is 3.72. The van der Waals surface area contributed by atoms with Gasteiger partial charge in [0.1, 0.15) is 18.5 Å². The lowest BCUT2D eigenvalue weighted by Gasteiger charge is -2.07. The largest absolute Gasteiger partial charge is 0.491 e. The Balaban J connectivity index is 1.56. The molecule has 2 nitrogen and oxygen atoms in total. The van der Waals surface area contributed by atoms with Crippen molar-refractivity contribution in [2.24, 2.45) is 0 Å². The summed E-state index contributed by atoms with van der Waals surface area (Å²) in [6.07, 6.45) is 3.65. The molecule has 21 heavy (non-hydrogen) atoms. The molecule has 110 valence electrons. The molecule has 1 unspecified atom stereocenters. The number of hydrogen-bond acceptors (Lipinski definition) is 2. The van der Waals surface area contributed by atoms with Gasteiger partial charge in [-0.1, -0.05) is 49.7 Å². The summed E-state index contributed by atoms with van der Waals surface area (Å²) in [5.41, 5.74) is 4.09. The Morgan fingerprint density at radius 1 is 0.952 bits per heavy atom. The van der Waals surface area contributed by atoms with Crippen LogP contribution >= 0.6 is 0 Å². The van der Waals surface area contributed by atoms with Gasteiger partial charge in [-0.05, 0) is 41.7 Å². The first-order valence-corrected chi connectivity index (χ1v) is 7.74. The summed E-state index contributed by atoms with van der Waals surface area (Å²) in [7, 11) is 0. The van der Waals surface area contributed by atoms with Crippen molar-refractivity contribution in [1.82, 2.24) is 0 Å². The van der Waals surface area contributed by atoms with Crippen LogP contribution in [0.4, 0.5) is 0 Å². The maximum atomic E-state index is 5.65. The van der Waals surface area contributed by atoms with Gasteiger partial charge in [0.15, 0.2) is 0 Å². The zero-order valence-electron chi connectivity index (χ0n) is 12.5. The van der Waals surface area contributed by atoms with Crippen molar-refractivity contribution in [3.05, 3.63) is 65.2 Å². The highest BCUT2D eigenvalue weighted by Crippen LogP contribution is 2.18. The summed E-state index contributed by atoms with van der Waals surface area (Å²) in [4.78, 5) is 0. The van der Waals surface area contributed by atoms with E-state index < -0.39 is 0 Å². The number of benzene rings is 2. The molecule has 2 heteroatoms. The normalized spacial score (nSPS) is 16.7. The van der Waals surface area contributed by atoms with Gasteiger partial charge in [-0.3, -0.25) is 0 Å². The Kier molecular flexibility index (Phi) is 4.56. The first-order valence-electron chi connectivity index (χ1n) is 7.74. The molecule has 2 aromatic carbocycles. The molecule has 0 saturated carbocycles. The molecule has 0 amide bonds. The predicted octanol–water partition coefficient (Wildman–Crippen LogP) is 4.01. The zero-order valence-corrected chi connectivity index (χ0v) is 12.5. The first-order chi connectivity index (χ1) is 10.3. The Morgan fingerprint density at radius 2 is 1.52 bits per heavy atom. The molecule has 0 bridgehead atoms. The third-order valence-electron chi connectivity index (χ3n) is 3.73. The van der Waals surface area contributed by atoms with E-state index >= 15 is 0 Å². The Morgan fingerprint density at radius 3 is 2.10 bits per heavy atom. The van der Waals surface area contributed by atoms with E-state index in [0.717, 1.165) is 25.2 Å². The van der Waals surface area contributed by atoms with Crippen LogP contribution < -0.4 is 4.74 Å². The van der Waals surface area contributed by atoms with Crippen LogP contribution in [0.25, 0.3) is 0 Å². The van der Waals surface area contributed by atoms with Crippen LogP contribution in [-0.4, -0.2) is 19.3 Å². The topological polar surface area (TPSA) is 21.8 Å². The van der Waals surface area contributed by atoms with Crippen LogP contribution in [-0.2, 0) is 17.6 Å². The van der Waals surface area contributed by atoms with E-state index in [-0.39, 0.29) is 0 Å². The van der Waals surface area contributed by atoms with Gasteiger partial charge in [0.25, 0.3) is 0 Å². The fraction of sp³-hybridized carbons (Fsp3) is 0.368. The number of rotatable bonds is 7. The van der Waals surface area contributed by atoms with Crippen molar-refractivity contribution in [1.29, 1.82) is 0 Å². The Bertz CT molecular complexity index is 553. The van der Waals surface area contributed by atoms with Crippen molar-refractivity contribution in [2.45, 2.75) is 32.3 Å². The summed E-state index contributed by atoms with van der Waals surface area (Å²) >= 11 is 0.